The molecule has 2 aromatic rings. The van der Waals surface area contributed by atoms with Crippen molar-refractivity contribution < 1.29 is 17.1 Å². The molecule has 0 aliphatic rings. The van der Waals surface area contributed by atoms with Crippen LogP contribution in [0.5, 0.6) is 0 Å². The summed E-state index contributed by atoms with van der Waals surface area (Å²) in [5.41, 5.74) is 1.38. The van der Waals surface area contributed by atoms with Gasteiger partial charge in [0.25, 0.3) is 0 Å². The third kappa shape index (κ3) is 9.11. The molecular weight excluding hydrogens is 288 g/mol. The Hall–Kier alpha value is -0.861. The van der Waals surface area contributed by atoms with Crippen molar-refractivity contribution in [2.75, 3.05) is 26.2 Å². The van der Waals surface area contributed by atoms with Gasteiger partial charge in [0.05, 0.1) is 0 Å². The Bertz CT molecular complexity index is 346. The van der Waals surface area contributed by atoms with Crippen molar-refractivity contribution >= 4 is 0 Å². The molecule has 1 N–H and O–H groups in total. The predicted molar refractivity (Wildman–Crippen MR) is 83.6 cm³/mol. The zero-order valence-electron chi connectivity index (χ0n) is 12.5. The molecule has 0 aliphatic carbocycles. The molecule has 3 heteroatoms. The molecule has 20 heavy (non-hydrogen) atoms. The molecule has 0 atom stereocenters. The minimum atomic E-state index is 0. The molecule has 0 aromatic heterocycles. The largest absolute Gasteiger partial charge is 2.00 e. The van der Waals surface area contributed by atoms with Crippen molar-refractivity contribution in [3.63, 3.8) is 0 Å². The number of nitrogens with zero attached hydrogens (tertiary/aromatic N) is 1. The Morgan fingerprint density at radius 1 is 1.00 bits per heavy atom. The normalized spacial score (nSPS) is 9.75. The SMILES string of the molecule is CCN(CC)CCNC[c-]1cccc1.[Fe+2].c1cc[cH-]c1. The maximum Gasteiger partial charge on any atom is 2.00 e. The Labute approximate surface area is 134 Å². The second-order valence-corrected chi connectivity index (χ2v) is 4.46. The molecule has 0 unspecified atom stereocenters. The minimum Gasteiger partial charge on any atom is -0.322 e. The maximum atomic E-state index is 3.45. The van der Waals surface area contributed by atoms with Crippen LogP contribution >= 0.6 is 0 Å². The van der Waals surface area contributed by atoms with Crippen LogP contribution in [0.3, 0.4) is 0 Å². The fraction of sp³-hybridized carbons (Fsp3) is 0.412. The molecule has 0 aliphatic heterocycles. The number of rotatable bonds is 7. The van der Waals surface area contributed by atoms with Crippen LogP contribution in [0.4, 0.5) is 0 Å². The molecule has 0 spiro atoms. The van der Waals surface area contributed by atoms with Gasteiger partial charge >= 0.3 is 17.1 Å². The molecule has 0 heterocycles. The average molecular weight is 314 g/mol. The third-order valence-electron chi connectivity index (χ3n) is 3.12. The first kappa shape index (κ1) is 19.1. The predicted octanol–water partition coefficient (Wildman–Crippen LogP) is 3.24. The van der Waals surface area contributed by atoms with Gasteiger partial charge in [0.15, 0.2) is 0 Å². The van der Waals surface area contributed by atoms with E-state index in [2.05, 4.69) is 48.3 Å². The first-order valence-electron chi connectivity index (χ1n) is 7.17. The van der Waals surface area contributed by atoms with Crippen molar-refractivity contribution in [2.24, 2.45) is 0 Å². The van der Waals surface area contributed by atoms with E-state index >= 15 is 0 Å². The summed E-state index contributed by atoms with van der Waals surface area (Å²) in [7, 11) is 0. The van der Waals surface area contributed by atoms with Crippen LogP contribution < -0.4 is 5.32 Å². The van der Waals surface area contributed by atoms with E-state index in [1.165, 1.54) is 5.56 Å². The quantitative estimate of drug-likeness (QED) is 0.479. The van der Waals surface area contributed by atoms with Gasteiger partial charge in [-0.1, -0.05) is 13.8 Å². The van der Waals surface area contributed by atoms with Crippen molar-refractivity contribution in [2.45, 2.75) is 20.4 Å². The van der Waals surface area contributed by atoms with Crippen molar-refractivity contribution in [3.8, 4) is 0 Å². The molecular formula is C17H26FeN2. The van der Waals surface area contributed by atoms with Crippen LogP contribution in [0.1, 0.15) is 19.4 Å². The Balaban J connectivity index is 0.000000507. The summed E-state index contributed by atoms with van der Waals surface area (Å²) in [5, 5.41) is 3.45. The van der Waals surface area contributed by atoms with Gasteiger partial charge in [-0.05, 0) is 19.6 Å². The summed E-state index contributed by atoms with van der Waals surface area (Å²) in [6, 6.07) is 18.5. The van der Waals surface area contributed by atoms with Gasteiger partial charge in [-0.15, -0.1) is 5.56 Å². The van der Waals surface area contributed by atoms with Crippen molar-refractivity contribution in [1.82, 2.24) is 10.2 Å². The molecule has 112 valence electrons. The third-order valence-corrected chi connectivity index (χ3v) is 3.12. The summed E-state index contributed by atoms with van der Waals surface area (Å²) < 4.78 is 0. The van der Waals surface area contributed by atoms with E-state index in [0.29, 0.717) is 0 Å². The van der Waals surface area contributed by atoms with Crippen molar-refractivity contribution in [1.29, 1.82) is 0 Å². The Morgan fingerprint density at radius 2 is 1.60 bits per heavy atom. The molecule has 0 saturated carbocycles. The summed E-state index contributed by atoms with van der Waals surface area (Å²) >= 11 is 0. The van der Waals surface area contributed by atoms with Crippen LogP contribution in [0, 0.1) is 0 Å². The molecule has 0 radical (unpaired) electrons. The second kappa shape index (κ2) is 13.1. The van der Waals surface area contributed by atoms with Crippen LogP contribution in [-0.4, -0.2) is 31.1 Å². The van der Waals surface area contributed by atoms with Crippen LogP contribution in [0.2, 0.25) is 0 Å². The zero-order chi connectivity index (χ0) is 13.8. The van der Waals surface area contributed by atoms with Gasteiger partial charge in [0, 0.05) is 13.1 Å². The van der Waals surface area contributed by atoms with E-state index in [1.54, 1.807) is 0 Å². The van der Waals surface area contributed by atoms with Crippen molar-refractivity contribution in [3.05, 3.63) is 60.2 Å². The van der Waals surface area contributed by atoms with Gasteiger partial charge in [-0.2, -0.15) is 30.3 Å². The monoisotopic (exact) mass is 314 g/mol. The molecule has 0 amide bonds. The Morgan fingerprint density at radius 3 is 2.05 bits per heavy atom. The summed E-state index contributed by atoms with van der Waals surface area (Å²) in [4.78, 5) is 2.43. The van der Waals surface area contributed by atoms with E-state index in [-0.39, 0.29) is 17.1 Å². The van der Waals surface area contributed by atoms with Crippen LogP contribution in [-0.2, 0) is 23.6 Å². The minimum absolute atomic E-state index is 0. The first-order chi connectivity index (χ1) is 9.36. The molecule has 2 rings (SSSR count). The fourth-order valence-corrected chi connectivity index (χ4v) is 1.86. The van der Waals surface area contributed by atoms with Gasteiger partial charge < -0.3 is 10.2 Å². The summed E-state index contributed by atoms with van der Waals surface area (Å²) in [5.74, 6) is 0. The van der Waals surface area contributed by atoms with E-state index in [9.17, 15) is 0 Å². The van der Waals surface area contributed by atoms with E-state index in [4.69, 9.17) is 0 Å². The molecule has 0 saturated heterocycles. The number of hydrogen-bond donors (Lipinski definition) is 1. The van der Waals surface area contributed by atoms with Gasteiger partial charge in [0.1, 0.15) is 0 Å². The summed E-state index contributed by atoms with van der Waals surface area (Å²) in [6.07, 6.45) is 0. The zero-order valence-corrected chi connectivity index (χ0v) is 13.6. The van der Waals surface area contributed by atoms with Crippen LogP contribution in [0.25, 0.3) is 0 Å². The van der Waals surface area contributed by atoms with E-state index < -0.39 is 0 Å². The summed E-state index contributed by atoms with van der Waals surface area (Å²) in [6.45, 7) is 9.93. The first-order valence-corrected chi connectivity index (χ1v) is 7.17. The average Bonchev–Trinajstić information content (AvgIpc) is 3.15. The molecule has 0 fully saturated rings. The fourth-order valence-electron chi connectivity index (χ4n) is 1.86. The van der Waals surface area contributed by atoms with Gasteiger partial charge in [-0.3, -0.25) is 0 Å². The standard InChI is InChI=1S/C12H21N2.C5H5.Fe/c1-3-14(4-2)10-9-13-11-12-7-5-6-8-12;1-2-4-5-3-1;/h5-8,13H,3-4,9-11H2,1-2H3;1-5H;/q2*-1;+2. The van der Waals surface area contributed by atoms with E-state index in [1.807, 2.05) is 30.3 Å². The topological polar surface area (TPSA) is 15.3 Å². The van der Waals surface area contributed by atoms with Crippen LogP contribution in [0.15, 0.2) is 54.6 Å². The van der Waals surface area contributed by atoms with Gasteiger partial charge in [-0.25, -0.2) is 24.3 Å². The maximum absolute atomic E-state index is 3.45. The molecule has 2 nitrogen and oxygen atoms in total. The smallest absolute Gasteiger partial charge is 0.322 e. The second-order valence-electron chi connectivity index (χ2n) is 4.46. The molecule has 0 bridgehead atoms. The Kier molecular flexibility index (Phi) is 12.6. The number of nitrogens with one attached hydrogen (secondary N) is 1. The van der Waals surface area contributed by atoms with E-state index in [0.717, 1.165) is 32.7 Å². The molecule has 2 aromatic carbocycles. The number of hydrogen-bond acceptors (Lipinski definition) is 2. The van der Waals surface area contributed by atoms with Gasteiger partial charge in [0.2, 0.25) is 0 Å². The number of likely N-dealkylation sites (N-methyl/N-ethyl adjacent to an activating group) is 1.